The number of aliphatic hydroxyl groups excluding tert-OH is 1. The Balaban J connectivity index is 2.07. The van der Waals surface area contributed by atoms with Crippen LogP contribution in [-0.4, -0.2) is 66.4 Å². The Morgan fingerprint density at radius 1 is 1.30 bits per heavy atom. The van der Waals surface area contributed by atoms with Gasteiger partial charge in [-0.3, -0.25) is 4.90 Å². The molecule has 1 aliphatic heterocycles. The zero-order valence-electron chi connectivity index (χ0n) is 11.8. The zero-order valence-corrected chi connectivity index (χ0v) is 12.5. The lowest BCUT2D eigenvalue weighted by atomic mass is 10.3. The molecule has 0 bridgehead atoms. The molecule has 0 amide bonds. The second-order valence-corrected chi connectivity index (χ2v) is 5.19. The van der Waals surface area contributed by atoms with Gasteiger partial charge < -0.3 is 14.7 Å². The van der Waals surface area contributed by atoms with Gasteiger partial charge in [0.1, 0.15) is 17.6 Å². The number of β-amino-alcohol motifs (C(OH)–C–C–N with tert-alkyl or cyclic N) is 1. The highest BCUT2D eigenvalue weighted by Gasteiger charge is 2.17. The van der Waals surface area contributed by atoms with Crippen LogP contribution in [0, 0.1) is 0 Å². The number of ether oxygens (including phenoxy) is 1. The van der Waals surface area contributed by atoms with E-state index in [-0.39, 0.29) is 6.61 Å². The number of methoxy groups -OCH3 is 1. The summed E-state index contributed by atoms with van der Waals surface area (Å²) in [6, 6.07) is 1.79. The van der Waals surface area contributed by atoms with Gasteiger partial charge in [-0.2, -0.15) is 0 Å². The van der Waals surface area contributed by atoms with Crippen molar-refractivity contribution in [2.24, 2.45) is 0 Å². The minimum absolute atomic E-state index is 0.206. The topological polar surface area (TPSA) is 61.7 Å². The van der Waals surface area contributed by atoms with Crippen molar-refractivity contribution >= 4 is 17.4 Å². The van der Waals surface area contributed by atoms with Crippen molar-refractivity contribution < 1.29 is 9.84 Å². The number of aromatic nitrogens is 2. The molecular weight excluding hydrogens is 280 g/mol. The summed E-state index contributed by atoms with van der Waals surface area (Å²) in [5, 5.41) is 9.46. The molecule has 0 unspecified atom stereocenters. The van der Waals surface area contributed by atoms with Crippen LogP contribution in [0.2, 0.25) is 5.15 Å². The van der Waals surface area contributed by atoms with E-state index >= 15 is 0 Å². The van der Waals surface area contributed by atoms with Crippen molar-refractivity contribution in [1.82, 2.24) is 14.9 Å². The SMILES string of the molecule is COCc1nc(Cl)cc(N2CCCN(CCO)CC2)n1. The molecule has 112 valence electrons. The maximum atomic E-state index is 9.02. The number of rotatable bonds is 5. The van der Waals surface area contributed by atoms with Crippen LogP contribution < -0.4 is 4.90 Å². The van der Waals surface area contributed by atoms with Crippen molar-refractivity contribution in [3.8, 4) is 0 Å². The number of halogens is 1. The van der Waals surface area contributed by atoms with E-state index in [4.69, 9.17) is 21.4 Å². The van der Waals surface area contributed by atoms with E-state index in [0.717, 1.165) is 45.0 Å². The van der Waals surface area contributed by atoms with Gasteiger partial charge in [-0.05, 0) is 13.0 Å². The summed E-state index contributed by atoms with van der Waals surface area (Å²) in [5.41, 5.74) is 0. The maximum Gasteiger partial charge on any atom is 0.158 e. The van der Waals surface area contributed by atoms with Crippen molar-refractivity contribution in [2.45, 2.75) is 13.0 Å². The molecule has 0 aliphatic carbocycles. The minimum atomic E-state index is 0.206. The summed E-state index contributed by atoms with van der Waals surface area (Å²) in [5.74, 6) is 1.45. The first-order chi connectivity index (χ1) is 9.72. The lowest BCUT2D eigenvalue weighted by Crippen LogP contribution is -2.32. The zero-order chi connectivity index (χ0) is 14.4. The molecule has 6 nitrogen and oxygen atoms in total. The molecule has 1 aromatic rings. The van der Waals surface area contributed by atoms with E-state index in [1.54, 1.807) is 13.2 Å². The third kappa shape index (κ3) is 4.28. The van der Waals surface area contributed by atoms with Crippen LogP contribution in [-0.2, 0) is 11.3 Å². The van der Waals surface area contributed by atoms with E-state index in [2.05, 4.69) is 19.8 Å². The number of nitrogens with zero attached hydrogens (tertiary/aromatic N) is 4. The number of anilines is 1. The fourth-order valence-electron chi connectivity index (χ4n) is 2.37. The van der Waals surface area contributed by atoms with E-state index in [9.17, 15) is 0 Å². The molecule has 0 atom stereocenters. The Morgan fingerprint density at radius 2 is 2.15 bits per heavy atom. The van der Waals surface area contributed by atoms with Crippen molar-refractivity contribution in [1.29, 1.82) is 0 Å². The molecule has 1 N–H and O–H groups in total. The molecule has 7 heteroatoms. The molecule has 1 aliphatic rings. The molecule has 1 fully saturated rings. The molecule has 0 saturated carbocycles. The number of aliphatic hydroxyl groups is 1. The Hall–Kier alpha value is -0.950. The molecular formula is C13H21ClN4O2. The highest BCUT2D eigenvalue weighted by molar-refractivity contribution is 6.29. The fraction of sp³-hybridized carbons (Fsp3) is 0.692. The summed E-state index contributed by atoms with van der Waals surface area (Å²) in [7, 11) is 1.61. The normalized spacial score (nSPS) is 17.2. The molecule has 0 spiro atoms. The van der Waals surface area contributed by atoms with Crippen LogP contribution in [0.5, 0.6) is 0 Å². The second kappa shape index (κ2) is 7.73. The smallest absolute Gasteiger partial charge is 0.158 e. The number of hydrogen-bond acceptors (Lipinski definition) is 6. The monoisotopic (exact) mass is 300 g/mol. The molecule has 20 heavy (non-hydrogen) atoms. The molecule has 2 rings (SSSR count). The Labute approximate surface area is 124 Å². The average Bonchev–Trinajstić information content (AvgIpc) is 2.65. The Bertz CT molecular complexity index is 433. The third-order valence-electron chi connectivity index (χ3n) is 3.33. The van der Waals surface area contributed by atoms with Gasteiger partial charge >= 0.3 is 0 Å². The largest absolute Gasteiger partial charge is 0.395 e. The lowest BCUT2D eigenvalue weighted by molar-refractivity contribution is 0.178. The van der Waals surface area contributed by atoms with Crippen LogP contribution in [0.15, 0.2) is 6.07 Å². The van der Waals surface area contributed by atoms with Gasteiger partial charge in [0, 0.05) is 39.4 Å². The highest BCUT2D eigenvalue weighted by Crippen LogP contribution is 2.18. The molecule has 2 heterocycles. The standard InChI is InChI=1S/C13H21ClN4O2/c1-20-10-12-15-11(14)9-13(16-12)18-4-2-3-17(5-6-18)7-8-19/h9,19H,2-8,10H2,1H3. The maximum absolute atomic E-state index is 9.02. The summed E-state index contributed by atoms with van der Waals surface area (Å²) in [4.78, 5) is 13.1. The molecule has 0 radical (unpaired) electrons. The summed E-state index contributed by atoms with van der Waals surface area (Å²) in [6.07, 6.45) is 1.04. The summed E-state index contributed by atoms with van der Waals surface area (Å²) in [6.45, 7) is 5.02. The van der Waals surface area contributed by atoms with Crippen LogP contribution in [0.1, 0.15) is 12.2 Å². The Kier molecular flexibility index (Phi) is 5.97. The van der Waals surface area contributed by atoms with Crippen LogP contribution in [0.3, 0.4) is 0 Å². The number of hydrogen-bond donors (Lipinski definition) is 1. The lowest BCUT2D eigenvalue weighted by Gasteiger charge is -2.22. The average molecular weight is 301 g/mol. The van der Waals surface area contributed by atoms with E-state index in [1.165, 1.54) is 0 Å². The second-order valence-electron chi connectivity index (χ2n) is 4.80. The fourth-order valence-corrected chi connectivity index (χ4v) is 2.57. The van der Waals surface area contributed by atoms with Gasteiger partial charge in [0.15, 0.2) is 5.82 Å². The quantitative estimate of drug-likeness (QED) is 0.811. The van der Waals surface area contributed by atoms with Gasteiger partial charge in [0.05, 0.1) is 6.61 Å². The first kappa shape index (κ1) is 15.4. The van der Waals surface area contributed by atoms with Crippen LogP contribution >= 0.6 is 11.6 Å². The highest BCUT2D eigenvalue weighted by atomic mass is 35.5. The van der Waals surface area contributed by atoms with E-state index < -0.39 is 0 Å². The van der Waals surface area contributed by atoms with Gasteiger partial charge in [-0.1, -0.05) is 11.6 Å². The predicted octanol–water partition coefficient (Wildman–Crippen LogP) is 0.781. The third-order valence-corrected chi connectivity index (χ3v) is 3.52. The van der Waals surface area contributed by atoms with Crippen molar-refractivity contribution in [3.63, 3.8) is 0 Å². The first-order valence-electron chi connectivity index (χ1n) is 6.83. The van der Waals surface area contributed by atoms with Gasteiger partial charge in [-0.25, -0.2) is 9.97 Å². The Morgan fingerprint density at radius 3 is 2.90 bits per heavy atom. The van der Waals surface area contributed by atoms with Crippen LogP contribution in [0.4, 0.5) is 5.82 Å². The van der Waals surface area contributed by atoms with Crippen molar-refractivity contribution in [3.05, 3.63) is 17.0 Å². The van der Waals surface area contributed by atoms with Gasteiger partial charge in [-0.15, -0.1) is 0 Å². The van der Waals surface area contributed by atoms with E-state index in [1.807, 2.05) is 0 Å². The summed E-state index contributed by atoms with van der Waals surface area (Å²) < 4.78 is 5.06. The molecule has 1 aromatic heterocycles. The van der Waals surface area contributed by atoms with Gasteiger partial charge in [0.25, 0.3) is 0 Å². The minimum Gasteiger partial charge on any atom is -0.395 e. The van der Waals surface area contributed by atoms with E-state index in [0.29, 0.717) is 17.6 Å². The molecule has 0 aromatic carbocycles. The first-order valence-corrected chi connectivity index (χ1v) is 7.21. The van der Waals surface area contributed by atoms with Crippen LogP contribution in [0.25, 0.3) is 0 Å². The molecule has 1 saturated heterocycles. The van der Waals surface area contributed by atoms with Gasteiger partial charge in [0.2, 0.25) is 0 Å². The van der Waals surface area contributed by atoms with Crippen molar-refractivity contribution in [2.75, 3.05) is 51.3 Å². The predicted molar refractivity (Wildman–Crippen MR) is 78.1 cm³/mol. The summed E-state index contributed by atoms with van der Waals surface area (Å²) >= 11 is 6.05.